The van der Waals surface area contributed by atoms with E-state index in [9.17, 15) is 18.4 Å². The van der Waals surface area contributed by atoms with Crippen LogP contribution in [0.2, 0.25) is 0 Å². The molecule has 1 fully saturated rings. The summed E-state index contributed by atoms with van der Waals surface area (Å²) in [5, 5.41) is 9.35. The number of fused-ring (bicyclic) bond motifs is 2. The van der Waals surface area contributed by atoms with Gasteiger partial charge < -0.3 is 9.80 Å². The molecule has 0 N–H and O–H groups in total. The Morgan fingerprint density at radius 3 is 2.38 bits per heavy atom. The number of likely N-dealkylation sites (N-methyl/N-ethyl adjacent to an activating group) is 1. The molecule has 2 aliphatic rings. The van der Waals surface area contributed by atoms with Crippen LogP contribution in [0.25, 0.3) is 17.3 Å². The summed E-state index contributed by atoms with van der Waals surface area (Å²) in [6, 6.07) is 13.5. The Labute approximate surface area is 168 Å². The van der Waals surface area contributed by atoms with Gasteiger partial charge >= 0.3 is 6.18 Å². The molecular formula is C23H20F3N3. The Morgan fingerprint density at radius 1 is 0.966 bits per heavy atom. The van der Waals surface area contributed by atoms with Crippen molar-refractivity contribution in [1.82, 2.24) is 9.80 Å². The van der Waals surface area contributed by atoms with Crippen molar-refractivity contribution in [3.05, 3.63) is 76.4 Å². The summed E-state index contributed by atoms with van der Waals surface area (Å²) >= 11 is 0. The van der Waals surface area contributed by atoms with Crippen LogP contribution >= 0.6 is 0 Å². The fourth-order valence-electron chi connectivity index (χ4n) is 3.93. The number of benzene rings is 2. The molecule has 29 heavy (non-hydrogen) atoms. The second kappa shape index (κ2) is 7.41. The number of nitrogens with zero attached hydrogens (tertiary/aromatic N) is 3. The van der Waals surface area contributed by atoms with Crippen LogP contribution in [0.5, 0.6) is 0 Å². The molecule has 0 radical (unpaired) electrons. The third-order valence-electron chi connectivity index (χ3n) is 5.51. The lowest BCUT2D eigenvalue weighted by Crippen LogP contribution is -2.43. The van der Waals surface area contributed by atoms with Crippen molar-refractivity contribution in [2.24, 2.45) is 0 Å². The van der Waals surface area contributed by atoms with Crippen LogP contribution in [0.4, 0.5) is 13.2 Å². The minimum absolute atomic E-state index is 0.516. The van der Waals surface area contributed by atoms with E-state index < -0.39 is 11.7 Å². The molecule has 0 saturated carbocycles. The number of alkyl halides is 3. The number of piperazine rings is 1. The van der Waals surface area contributed by atoms with Crippen molar-refractivity contribution in [3.63, 3.8) is 0 Å². The molecular weight excluding hydrogens is 375 g/mol. The van der Waals surface area contributed by atoms with Crippen molar-refractivity contribution < 1.29 is 13.2 Å². The van der Waals surface area contributed by atoms with E-state index in [-0.39, 0.29) is 0 Å². The predicted octanol–water partition coefficient (Wildman–Crippen LogP) is 4.72. The first kappa shape index (κ1) is 19.3. The van der Waals surface area contributed by atoms with Gasteiger partial charge in [-0.25, -0.2) is 0 Å². The van der Waals surface area contributed by atoms with E-state index in [1.165, 1.54) is 18.2 Å². The largest absolute Gasteiger partial charge is 0.416 e. The minimum Gasteiger partial charge on any atom is -0.368 e. The second-order valence-corrected chi connectivity index (χ2v) is 7.35. The lowest BCUT2D eigenvalue weighted by atomic mass is 9.91. The van der Waals surface area contributed by atoms with Crippen LogP contribution in [-0.4, -0.2) is 43.0 Å². The molecule has 1 aliphatic heterocycles. The second-order valence-electron chi connectivity index (χ2n) is 7.35. The SMILES string of the molecule is CN1CCN(C2=Cc3ccccc3C(=CC#N)c3ccc(C(F)(F)F)cc32)CC1. The minimum atomic E-state index is -4.43. The first-order chi connectivity index (χ1) is 13.9. The first-order valence-electron chi connectivity index (χ1n) is 9.45. The Kier molecular flexibility index (Phi) is 4.93. The van der Waals surface area contributed by atoms with Gasteiger partial charge in [-0.1, -0.05) is 30.3 Å². The highest BCUT2D eigenvalue weighted by Crippen LogP contribution is 2.41. The van der Waals surface area contributed by atoms with Crippen molar-refractivity contribution in [2.45, 2.75) is 6.18 Å². The molecule has 6 heteroatoms. The van der Waals surface area contributed by atoms with Gasteiger partial charge in [-0.05, 0) is 41.9 Å². The normalized spacial score (nSPS) is 18.5. The van der Waals surface area contributed by atoms with E-state index in [1.807, 2.05) is 37.4 Å². The fourth-order valence-corrected chi connectivity index (χ4v) is 3.93. The molecule has 3 nitrogen and oxygen atoms in total. The number of nitriles is 1. The number of hydrogen-bond acceptors (Lipinski definition) is 3. The molecule has 4 rings (SSSR count). The topological polar surface area (TPSA) is 30.3 Å². The van der Waals surface area contributed by atoms with Gasteiger partial charge in [-0.15, -0.1) is 0 Å². The van der Waals surface area contributed by atoms with E-state index >= 15 is 0 Å². The monoisotopic (exact) mass is 395 g/mol. The highest BCUT2D eigenvalue weighted by atomic mass is 19.4. The van der Waals surface area contributed by atoms with Gasteiger partial charge in [0.05, 0.1) is 11.6 Å². The predicted molar refractivity (Wildman–Crippen MR) is 108 cm³/mol. The van der Waals surface area contributed by atoms with Gasteiger partial charge in [-0.2, -0.15) is 18.4 Å². The van der Waals surface area contributed by atoms with Crippen LogP contribution in [0.3, 0.4) is 0 Å². The zero-order valence-corrected chi connectivity index (χ0v) is 16.0. The third kappa shape index (κ3) is 3.66. The maximum Gasteiger partial charge on any atom is 0.416 e. The van der Waals surface area contributed by atoms with Crippen LogP contribution in [-0.2, 0) is 6.18 Å². The smallest absolute Gasteiger partial charge is 0.368 e. The van der Waals surface area contributed by atoms with Gasteiger partial charge in [0, 0.05) is 49.1 Å². The zero-order chi connectivity index (χ0) is 20.6. The van der Waals surface area contributed by atoms with E-state index in [4.69, 9.17) is 0 Å². The van der Waals surface area contributed by atoms with Gasteiger partial charge in [-0.3, -0.25) is 0 Å². The van der Waals surface area contributed by atoms with Gasteiger partial charge in [0.1, 0.15) is 0 Å². The van der Waals surface area contributed by atoms with Crippen molar-refractivity contribution in [2.75, 3.05) is 33.2 Å². The summed E-state index contributed by atoms with van der Waals surface area (Å²) in [6.07, 6.45) is -1.05. The van der Waals surface area contributed by atoms with Crippen LogP contribution < -0.4 is 0 Å². The third-order valence-corrected chi connectivity index (χ3v) is 5.51. The molecule has 0 amide bonds. The summed E-state index contributed by atoms with van der Waals surface area (Å²) in [6.45, 7) is 3.15. The molecule has 148 valence electrons. The Morgan fingerprint density at radius 2 is 1.69 bits per heavy atom. The van der Waals surface area contributed by atoms with Crippen LogP contribution in [0.1, 0.15) is 27.8 Å². The van der Waals surface area contributed by atoms with E-state index in [1.54, 1.807) is 0 Å². The van der Waals surface area contributed by atoms with Gasteiger partial charge in [0.2, 0.25) is 0 Å². The summed E-state index contributed by atoms with van der Waals surface area (Å²) in [7, 11) is 2.04. The molecule has 0 unspecified atom stereocenters. The van der Waals surface area contributed by atoms with Gasteiger partial charge in [0.25, 0.3) is 0 Å². The average Bonchev–Trinajstić information content (AvgIpc) is 2.83. The van der Waals surface area contributed by atoms with Crippen LogP contribution in [0.15, 0.2) is 48.5 Å². The van der Waals surface area contributed by atoms with E-state index in [2.05, 4.69) is 15.9 Å². The molecule has 2 aromatic carbocycles. The molecule has 0 spiro atoms. The number of allylic oxidation sites excluding steroid dienone is 1. The Hall–Kier alpha value is -3.04. The molecule has 2 aromatic rings. The first-order valence-corrected chi connectivity index (χ1v) is 9.45. The summed E-state index contributed by atoms with van der Waals surface area (Å²) in [5.41, 5.74) is 3.64. The molecule has 0 bridgehead atoms. The van der Waals surface area contributed by atoms with E-state index in [0.29, 0.717) is 16.7 Å². The maximum absolute atomic E-state index is 13.5. The number of hydrogen-bond donors (Lipinski definition) is 0. The van der Waals surface area contributed by atoms with Crippen molar-refractivity contribution in [1.29, 1.82) is 5.26 Å². The number of rotatable bonds is 1. The lowest BCUT2D eigenvalue weighted by Gasteiger charge is -2.36. The van der Waals surface area contributed by atoms with E-state index in [0.717, 1.165) is 49.1 Å². The quantitative estimate of drug-likeness (QED) is 0.655. The molecule has 0 atom stereocenters. The Bertz CT molecular complexity index is 1040. The summed E-state index contributed by atoms with van der Waals surface area (Å²) in [4.78, 5) is 4.35. The standard InChI is InChI=1S/C23H20F3N3/c1-28-10-12-29(13-11-28)22-14-16-4-2-3-5-18(16)20(8-9-27)19-7-6-17(15-21(19)22)23(24,25)26/h2-8,14-15H,10-13H2,1H3. The summed E-state index contributed by atoms with van der Waals surface area (Å²) < 4.78 is 40.4. The maximum atomic E-state index is 13.5. The molecule has 1 heterocycles. The van der Waals surface area contributed by atoms with Crippen molar-refractivity contribution in [3.8, 4) is 6.07 Å². The zero-order valence-electron chi connectivity index (χ0n) is 16.0. The summed E-state index contributed by atoms with van der Waals surface area (Å²) in [5.74, 6) is 0. The Balaban J connectivity index is 1.97. The van der Waals surface area contributed by atoms with Crippen molar-refractivity contribution >= 4 is 17.3 Å². The van der Waals surface area contributed by atoms with Crippen LogP contribution in [0, 0.1) is 11.3 Å². The lowest BCUT2D eigenvalue weighted by molar-refractivity contribution is -0.137. The average molecular weight is 395 g/mol. The fraction of sp³-hybridized carbons (Fsp3) is 0.261. The highest BCUT2D eigenvalue weighted by molar-refractivity contribution is 5.98. The molecule has 0 aromatic heterocycles. The molecule has 1 aliphatic carbocycles. The number of halogens is 3. The highest BCUT2D eigenvalue weighted by Gasteiger charge is 2.33. The van der Waals surface area contributed by atoms with Gasteiger partial charge in [0.15, 0.2) is 0 Å². The molecule has 1 saturated heterocycles.